The molecule has 17 heavy (non-hydrogen) atoms. The Labute approximate surface area is 102 Å². The number of carbonyl (C=O) groups is 1. The molecule has 0 atom stereocenters. The molecule has 0 aromatic carbocycles. The number of nitrogens with two attached hydrogens (primary N) is 1. The van der Waals surface area contributed by atoms with Gasteiger partial charge in [0.25, 0.3) is 5.91 Å². The van der Waals surface area contributed by atoms with Gasteiger partial charge in [-0.05, 0) is 25.6 Å². The largest absolute Gasteiger partial charge is 0.467 e. The second-order valence-corrected chi connectivity index (χ2v) is 4.00. The Bertz CT molecular complexity index is 349. The summed E-state index contributed by atoms with van der Waals surface area (Å²) in [5.41, 5.74) is 2.55. The van der Waals surface area contributed by atoms with E-state index in [2.05, 4.69) is 24.2 Å². The number of hydrazine groups is 1. The zero-order valence-electron chi connectivity index (χ0n) is 10.5. The summed E-state index contributed by atoms with van der Waals surface area (Å²) in [6, 6.07) is 1.73. The van der Waals surface area contributed by atoms with E-state index in [0.29, 0.717) is 5.56 Å². The molecule has 96 valence electrons. The van der Waals surface area contributed by atoms with Gasteiger partial charge >= 0.3 is 0 Å². The molecule has 5 nitrogen and oxygen atoms in total. The van der Waals surface area contributed by atoms with E-state index in [1.54, 1.807) is 6.07 Å². The zero-order chi connectivity index (χ0) is 12.7. The Morgan fingerprint density at radius 1 is 1.53 bits per heavy atom. The lowest BCUT2D eigenvalue weighted by atomic mass is 10.2. The summed E-state index contributed by atoms with van der Waals surface area (Å²) in [5.74, 6) is 5.53. The molecule has 1 aromatic heterocycles. The maximum absolute atomic E-state index is 11.2. The van der Waals surface area contributed by atoms with Crippen molar-refractivity contribution in [2.24, 2.45) is 5.84 Å². The molecule has 5 heteroatoms. The number of carbonyl (C=O) groups excluding carboxylic acids is 1. The van der Waals surface area contributed by atoms with Crippen molar-refractivity contribution in [3.05, 3.63) is 23.7 Å². The minimum absolute atomic E-state index is 0.323. The molecule has 0 aliphatic rings. The third-order valence-electron chi connectivity index (χ3n) is 2.70. The van der Waals surface area contributed by atoms with E-state index in [0.717, 1.165) is 25.4 Å². The third-order valence-corrected chi connectivity index (χ3v) is 2.70. The Morgan fingerprint density at radius 2 is 2.29 bits per heavy atom. The fourth-order valence-corrected chi connectivity index (χ4v) is 1.62. The van der Waals surface area contributed by atoms with Crippen LogP contribution in [0.1, 0.15) is 42.8 Å². The Kier molecular flexibility index (Phi) is 5.72. The van der Waals surface area contributed by atoms with Crippen LogP contribution in [0.15, 0.2) is 16.7 Å². The first-order valence-corrected chi connectivity index (χ1v) is 6.02. The van der Waals surface area contributed by atoms with Crippen LogP contribution in [0.3, 0.4) is 0 Å². The van der Waals surface area contributed by atoms with Crippen LogP contribution in [-0.2, 0) is 6.54 Å². The van der Waals surface area contributed by atoms with Gasteiger partial charge in [0.15, 0.2) is 0 Å². The molecular formula is C12H21N3O2. The van der Waals surface area contributed by atoms with E-state index >= 15 is 0 Å². The maximum atomic E-state index is 11.2. The van der Waals surface area contributed by atoms with Gasteiger partial charge in [-0.15, -0.1) is 0 Å². The summed E-state index contributed by atoms with van der Waals surface area (Å²) < 4.78 is 5.34. The smallest absolute Gasteiger partial charge is 0.268 e. The van der Waals surface area contributed by atoms with Gasteiger partial charge in [-0.25, -0.2) is 5.84 Å². The number of rotatable bonds is 7. The van der Waals surface area contributed by atoms with Gasteiger partial charge in [0.05, 0.1) is 12.1 Å². The first kappa shape index (κ1) is 13.7. The van der Waals surface area contributed by atoms with Gasteiger partial charge in [0, 0.05) is 0 Å². The summed E-state index contributed by atoms with van der Waals surface area (Å²) in [6.45, 7) is 7.04. The highest BCUT2D eigenvalue weighted by Gasteiger charge is 2.11. The number of amides is 1. The maximum Gasteiger partial charge on any atom is 0.268 e. The molecular weight excluding hydrogens is 218 g/mol. The second-order valence-electron chi connectivity index (χ2n) is 4.00. The average molecular weight is 239 g/mol. The predicted molar refractivity (Wildman–Crippen MR) is 66.2 cm³/mol. The van der Waals surface area contributed by atoms with Crippen LogP contribution < -0.4 is 11.3 Å². The topological polar surface area (TPSA) is 71.5 Å². The molecule has 3 N–H and O–H groups in total. The zero-order valence-corrected chi connectivity index (χ0v) is 10.5. The van der Waals surface area contributed by atoms with Crippen LogP contribution in [0, 0.1) is 0 Å². The van der Waals surface area contributed by atoms with Crippen molar-refractivity contribution in [2.45, 2.75) is 33.2 Å². The molecule has 0 saturated carbocycles. The highest BCUT2D eigenvalue weighted by molar-refractivity contribution is 5.93. The van der Waals surface area contributed by atoms with Gasteiger partial charge in [-0.3, -0.25) is 15.1 Å². The van der Waals surface area contributed by atoms with Crippen molar-refractivity contribution >= 4 is 5.91 Å². The number of furan rings is 1. The van der Waals surface area contributed by atoms with E-state index in [4.69, 9.17) is 10.3 Å². The van der Waals surface area contributed by atoms with Gasteiger partial charge in [-0.2, -0.15) is 0 Å². The van der Waals surface area contributed by atoms with Gasteiger partial charge in [-0.1, -0.05) is 20.3 Å². The van der Waals surface area contributed by atoms with E-state index in [1.165, 1.54) is 19.1 Å². The number of nitrogens with one attached hydrogen (secondary N) is 1. The van der Waals surface area contributed by atoms with E-state index in [-0.39, 0.29) is 5.91 Å². The van der Waals surface area contributed by atoms with Crippen molar-refractivity contribution in [1.29, 1.82) is 0 Å². The quantitative estimate of drug-likeness (QED) is 0.430. The molecule has 0 fully saturated rings. The Hall–Kier alpha value is -1.33. The molecule has 1 amide bonds. The lowest BCUT2D eigenvalue weighted by Gasteiger charge is -2.18. The van der Waals surface area contributed by atoms with Crippen molar-refractivity contribution in [3.63, 3.8) is 0 Å². The van der Waals surface area contributed by atoms with Crippen molar-refractivity contribution < 1.29 is 9.21 Å². The molecule has 1 heterocycles. The summed E-state index contributed by atoms with van der Waals surface area (Å²) in [6.07, 6.45) is 3.78. The number of nitrogens with zero attached hydrogens (tertiary/aromatic N) is 1. The molecule has 0 saturated heterocycles. The molecule has 1 rings (SSSR count). The molecule has 0 bridgehead atoms. The Morgan fingerprint density at radius 3 is 2.88 bits per heavy atom. The minimum Gasteiger partial charge on any atom is -0.467 e. The fraction of sp³-hybridized carbons (Fsp3) is 0.583. The molecule has 0 aliphatic heterocycles. The highest BCUT2D eigenvalue weighted by Crippen LogP contribution is 2.11. The molecule has 0 unspecified atom stereocenters. The number of hydrogen-bond donors (Lipinski definition) is 2. The molecule has 0 spiro atoms. The predicted octanol–water partition coefficient (Wildman–Crippen LogP) is 1.51. The van der Waals surface area contributed by atoms with Crippen molar-refractivity contribution in [3.8, 4) is 0 Å². The van der Waals surface area contributed by atoms with Gasteiger partial charge < -0.3 is 4.42 Å². The number of unbranched alkanes of at least 4 members (excludes halogenated alkanes) is 1. The van der Waals surface area contributed by atoms with Crippen LogP contribution in [0.4, 0.5) is 0 Å². The third kappa shape index (κ3) is 4.20. The molecule has 0 radical (unpaired) electrons. The molecule has 1 aromatic rings. The van der Waals surface area contributed by atoms with Crippen LogP contribution in [0.25, 0.3) is 0 Å². The summed E-state index contributed by atoms with van der Waals surface area (Å²) >= 11 is 0. The number of nitrogen functional groups attached to an aromatic ring is 1. The Balaban J connectivity index is 2.54. The molecule has 0 aliphatic carbocycles. The summed E-state index contributed by atoms with van der Waals surface area (Å²) in [7, 11) is 0. The number of hydrogen-bond acceptors (Lipinski definition) is 4. The van der Waals surface area contributed by atoms with Gasteiger partial charge in [0.1, 0.15) is 12.0 Å². The highest BCUT2D eigenvalue weighted by atomic mass is 16.3. The standard InChI is InChI=1S/C12H21N3O2/c1-3-5-6-15(4-2)8-11-7-10(9-17-11)12(16)14-13/h7,9H,3-6,8,13H2,1-2H3,(H,14,16). The van der Waals surface area contributed by atoms with Crippen molar-refractivity contribution in [1.82, 2.24) is 10.3 Å². The van der Waals surface area contributed by atoms with Crippen LogP contribution in [0.5, 0.6) is 0 Å². The normalized spacial score (nSPS) is 10.8. The fourth-order valence-electron chi connectivity index (χ4n) is 1.62. The van der Waals surface area contributed by atoms with Crippen LogP contribution in [-0.4, -0.2) is 23.9 Å². The first-order valence-electron chi connectivity index (χ1n) is 6.02. The SMILES string of the molecule is CCCCN(CC)Cc1cc(C(=O)NN)co1. The van der Waals surface area contributed by atoms with Gasteiger partial charge in [0.2, 0.25) is 0 Å². The van der Waals surface area contributed by atoms with Crippen molar-refractivity contribution in [2.75, 3.05) is 13.1 Å². The lowest BCUT2D eigenvalue weighted by Crippen LogP contribution is -2.29. The lowest BCUT2D eigenvalue weighted by molar-refractivity contribution is 0.0953. The summed E-state index contributed by atoms with van der Waals surface area (Å²) in [5, 5.41) is 0. The second kappa shape index (κ2) is 7.09. The van der Waals surface area contributed by atoms with E-state index < -0.39 is 0 Å². The average Bonchev–Trinajstić information content (AvgIpc) is 2.81. The van der Waals surface area contributed by atoms with E-state index in [1.807, 2.05) is 0 Å². The summed E-state index contributed by atoms with van der Waals surface area (Å²) in [4.78, 5) is 13.5. The van der Waals surface area contributed by atoms with Crippen LogP contribution >= 0.6 is 0 Å². The van der Waals surface area contributed by atoms with Crippen LogP contribution in [0.2, 0.25) is 0 Å². The first-order chi connectivity index (χ1) is 8.21. The van der Waals surface area contributed by atoms with E-state index in [9.17, 15) is 4.79 Å². The minimum atomic E-state index is -0.323. The monoisotopic (exact) mass is 239 g/mol.